The van der Waals surface area contributed by atoms with Crippen molar-refractivity contribution in [2.75, 3.05) is 39.5 Å². The lowest BCUT2D eigenvalue weighted by Crippen LogP contribution is -2.45. The maximum Gasteiger partial charge on any atom is 0.0698 e. The van der Waals surface area contributed by atoms with Gasteiger partial charge in [-0.05, 0) is 38.8 Å². The lowest BCUT2D eigenvalue weighted by Gasteiger charge is -2.29. The molecule has 4 nitrogen and oxygen atoms in total. The number of hydrogen-bond acceptors (Lipinski definition) is 4. The summed E-state index contributed by atoms with van der Waals surface area (Å²) in [6, 6.07) is 1.43. The molecule has 2 saturated heterocycles. The van der Waals surface area contributed by atoms with Crippen molar-refractivity contribution >= 4 is 0 Å². The Labute approximate surface area is 98.0 Å². The minimum atomic E-state index is 0.133. The summed E-state index contributed by atoms with van der Waals surface area (Å²) in [6.07, 6.45) is 5.31. The lowest BCUT2D eigenvalue weighted by atomic mass is 10.0. The van der Waals surface area contributed by atoms with E-state index in [9.17, 15) is 0 Å². The van der Waals surface area contributed by atoms with E-state index in [0.29, 0.717) is 12.6 Å². The Morgan fingerprint density at radius 2 is 2.19 bits per heavy atom. The third-order valence-electron chi connectivity index (χ3n) is 3.74. The smallest absolute Gasteiger partial charge is 0.0698 e. The Morgan fingerprint density at radius 3 is 2.94 bits per heavy atom. The Bertz CT molecular complexity index is 195. The molecule has 2 aliphatic heterocycles. The molecule has 16 heavy (non-hydrogen) atoms. The standard InChI is InChI=1S/C12H24N2O2/c15-8-10-16-9-7-14-6-2-4-12(14)11-3-1-5-13-11/h11-13,15H,1-10H2. The number of hydrogen-bond donors (Lipinski definition) is 2. The number of ether oxygens (including phenoxy) is 1. The third-order valence-corrected chi connectivity index (χ3v) is 3.74. The van der Waals surface area contributed by atoms with Gasteiger partial charge in [0.2, 0.25) is 0 Å². The SMILES string of the molecule is OCCOCCN1CCCC1C1CCCN1. The minimum Gasteiger partial charge on any atom is -0.394 e. The molecule has 0 aliphatic carbocycles. The molecule has 2 rings (SSSR count). The zero-order chi connectivity index (χ0) is 11.2. The Balaban J connectivity index is 1.70. The number of aliphatic hydroxyl groups excluding tert-OH is 1. The van der Waals surface area contributed by atoms with Gasteiger partial charge in [-0.1, -0.05) is 0 Å². The van der Waals surface area contributed by atoms with Crippen LogP contribution in [0.25, 0.3) is 0 Å². The molecule has 0 saturated carbocycles. The summed E-state index contributed by atoms with van der Waals surface area (Å²) in [6.45, 7) is 4.78. The zero-order valence-electron chi connectivity index (χ0n) is 10.0. The first-order chi connectivity index (χ1) is 7.92. The van der Waals surface area contributed by atoms with Crippen LogP contribution < -0.4 is 5.32 Å². The predicted molar refractivity (Wildman–Crippen MR) is 63.5 cm³/mol. The average Bonchev–Trinajstić information content (AvgIpc) is 2.94. The molecule has 2 N–H and O–H groups in total. The van der Waals surface area contributed by atoms with Crippen molar-refractivity contribution < 1.29 is 9.84 Å². The van der Waals surface area contributed by atoms with Crippen LogP contribution in [0.2, 0.25) is 0 Å². The maximum atomic E-state index is 8.63. The Kier molecular flexibility index (Phi) is 5.03. The molecule has 0 aromatic carbocycles. The molecular formula is C12H24N2O2. The summed E-state index contributed by atoms with van der Waals surface area (Å²) < 4.78 is 5.34. The third kappa shape index (κ3) is 3.17. The molecule has 2 heterocycles. The molecule has 94 valence electrons. The van der Waals surface area contributed by atoms with Gasteiger partial charge in [0.15, 0.2) is 0 Å². The van der Waals surface area contributed by atoms with E-state index in [4.69, 9.17) is 9.84 Å². The highest BCUT2D eigenvalue weighted by Gasteiger charge is 2.32. The Morgan fingerprint density at radius 1 is 1.25 bits per heavy atom. The van der Waals surface area contributed by atoms with E-state index < -0.39 is 0 Å². The van der Waals surface area contributed by atoms with Crippen molar-refractivity contribution in [2.45, 2.75) is 37.8 Å². The molecule has 2 atom stereocenters. The molecule has 4 heteroatoms. The van der Waals surface area contributed by atoms with E-state index in [1.807, 2.05) is 0 Å². The van der Waals surface area contributed by atoms with Gasteiger partial charge in [-0.3, -0.25) is 4.90 Å². The highest BCUT2D eigenvalue weighted by atomic mass is 16.5. The van der Waals surface area contributed by atoms with E-state index in [0.717, 1.165) is 19.2 Å². The van der Waals surface area contributed by atoms with E-state index in [1.54, 1.807) is 0 Å². The fourth-order valence-electron chi connectivity index (χ4n) is 2.97. The van der Waals surface area contributed by atoms with Gasteiger partial charge in [0.05, 0.1) is 19.8 Å². The number of aliphatic hydroxyl groups is 1. The average molecular weight is 228 g/mol. The monoisotopic (exact) mass is 228 g/mol. The van der Waals surface area contributed by atoms with Crippen molar-refractivity contribution in [3.63, 3.8) is 0 Å². The zero-order valence-corrected chi connectivity index (χ0v) is 10.0. The largest absolute Gasteiger partial charge is 0.394 e. The van der Waals surface area contributed by atoms with Gasteiger partial charge in [-0.25, -0.2) is 0 Å². The van der Waals surface area contributed by atoms with Gasteiger partial charge in [0, 0.05) is 18.6 Å². The van der Waals surface area contributed by atoms with Crippen LogP contribution in [0.4, 0.5) is 0 Å². The van der Waals surface area contributed by atoms with Crippen LogP contribution in [0.3, 0.4) is 0 Å². The van der Waals surface area contributed by atoms with Crippen molar-refractivity contribution in [1.29, 1.82) is 0 Å². The van der Waals surface area contributed by atoms with Crippen molar-refractivity contribution in [1.82, 2.24) is 10.2 Å². The minimum absolute atomic E-state index is 0.133. The molecule has 0 spiro atoms. The second-order valence-electron chi connectivity index (χ2n) is 4.78. The quantitative estimate of drug-likeness (QED) is 0.638. The highest BCUT2D eigenvalue weighted by molar-refractivity contribution is 4.91. The molecule has 2 unspecified atom stereocenters. The highest BCUT2D eigenvalue weighted by Crippen LogP contribution is 2.24. The topological polar surface area (TPSA) is 44.7 Å². The molecule has 0 aromatic heterocycles. The van der Waals surface area contributed by atoms with Crippen molar-refractivity contribution in [3.8, 4) is 0 Å². The van der Waals surface area contributed by atoms with Gasteiger partial charge in [0.25, 0.3) is 0 Å². The summed E-state index contributed by atoms with van der Waals surface area (Å²) in [4.78, 5) is 2.56. The van der Waals surface area contributed by atoms with Crippen LogP contribution in [-0.4, -0.2) is 61.5 Å². The van der Waals surface area contributed by atoms with E-state index >= 15 is 0 Å². The number of rotatable bonds is 6. The van der Waals surface area contributed by atoms with Crippen LogP contribution >= 0.6 is 0 Å². The molecule has 0 amide bonds. The first kappa shape index (κ1) is 12.3. The summed E-state index contributed by atoms with van der Waals surface area (Å²) in [5.74, 6) is 0. The predicted octanol–water partition coefficient (Wildman–Crippen LogP) is 0.212. The van der Waals surface area contributed by atoms with Gasteiger partial charge >= 0.3 is 0 Å². The second kappa shape index (κ2) is 6.55. The molecule has 0 radical (unpaired) electrons. The molecule has 2 aliphatic rings. The van der Waals surface area contributed by atoms with Gasteiger partial charge in [-0.2, -0.15) is 0 Å². The van der Waals surface area contributed by atoms with Gasteiger partial charge in [-0.15, -0.1) is 0 Å². The number of nitrogens with one attached hydrogen (secondary N) is 1. The summed E-state index contributed by atoms with van der Waals surface area (Å²) in [7, 11) is 0. The van der Waals surface area contributed by atoms with E-state index in [1.165, 1.54) is 38.8 Å². The first-order valence-electron chi connectivity index (χ1n) is 6.58. The van der Waals surface area contributed by atoms with Gasteiger partial charge in [0.1, 0.15) is 0 Å². The fraction of sp³-hybridized carbons (Fsp3) is 1.00. The van der Waals surface area contributed by atoms with Crippen LogP contribution in [-0.2, 0) is 4.74 Å². The summed E-state index contributed by atoms with van der Waals surface area (Å²) >= 11 is 0. The fourth-order valence-corrected chi connectivity index (χ4v) is 2.97. The van der Waals surface area contributed by atoms with E-state index in [-0.39, 0.29) is 6.61 Å². The van der Waals surface area contributed by atoms with Crippen LogP contribution in [0.5, 0.6) is 0 Å². The second-order valence-corrected chi connectivity index (χ2v) is 4.78. The van der Waals surface area contributed by atoms with Gasteiger partial charge < -0.3 is 15.2 Å². The molecular weight excluding hydrogens is 204 g/mol. The summed E-state index contributed by atoms with van der Waals surface area (Å²) in [5.41, 5.74) is 0. The normalized spacial score (nSPS) is 31.3. The molecule has 0 aromatic rings. The van der Waals surface area contributed by atoms with Crippen molar-refractivity contribution in [2.24, 2.45) is 0 Å². The van der Waals surface area contributed by atoms with Crippen LogP contribution in [0.1, 0.15) is 25.7 Å². The first-order valence-corrected chi connectivity index (χ1v) is 6.58. The van der Waals surface area contributed by atoms with Crippen LogP contribution in [0, 0.1) is 0 Å². The molecule has 0 bridgehead atoms. The number of nitrogens with zero attached hydrogens (tertiary/aromatic N) is 1. The Hall–Kier alpha value is -0.160. The van der Waals surface area contributed by atoms with Crippen molar-refractivity contribution in [3.05, 3.63) is 0 Å². The lowest BCUT2D eigenvalue weighted by molar-refractivity contribution is 0.0677. The summed E-state index contributed by atoms with van der Waals surface area (Å²) in [5, 5.41) is 12.2. The molecule has 2 fully saturated rings. The number of likely N-dealkylation sites (tertiary alicyclic amines) is 1. The maximum absolute atomic E-state index is 8.63. The van der Waals surface area contributed by atoms with Crippen LogP contribution in [0.15, 0.2) is 0 Å². The van der Waals surface area contributed by atoms with E-state index in [2.05, 4.69) is 10.2 Å².